The molecule has 0 saturated carbocycles. The van der Waals surface area contributed by atoms with Gasteiger partial charge in [0.05, 0.1) is 12.7 Å². The summed E-state index contributed by atoms with van der Waals surface area (Å²) in [5, 5.41) is 3.24. The molecule has 0 bridgehead atoms. The van der Waals surface area contributed by atoms with Crippen LogP contribution in [-0.2, 0) is 4.74 Å². The van der Waals surface area contributed by atoms with Gasteiger partial charge in [0.25, 0.3) is 5.91 Å². The molecule has 0 radical (unpaired) electrons. The van der Waals surface area contributed by atoms with Gasteiger partial charge in [-0.2, -0.15) is 0 Å². The number of aryl methyl sites for hydroxylation is 1. The van der Waals surface area contributed by atoms with E-state index in [2.05, 4.69) is 15.3 Å². The van der Waals surface area contributed by atoms with Crippen molar-refractivity contribution >= 4 is 11.9 Å². The number of fused-ring (bicyclic) bond motifs is 1. The third-order valence-corrected chi connectivity index (χ3v) is 5.23. The average Bonchev–Trinajstić information content (AvgIpc) is 3.21. The van der Waals surface area contributed by atoms with Crippen molar-refractivity contribution in [1.82, 2.24) is 14.9 Å². The number of benzene rings is 1. The average molecular weight is 356 g/mol. The first-order valence-electron chi connectivity index (χ1n) is 8.80. The maximum atomic E-state index is 13.3. The number of rotatable bonds is 4. The lowest BCUT2D eigenvalue weighted by Gasteiger charge is -2.21. The maximum Gasteiger partial charge on any atom is 0.254 e. The molecule has 136 valence electrons. The fourth-order valence-corrected chi connectivity index (χ4v) is 3.83. The van der Waals surface area contributed by atoms with E-state index in [9.17, 15) is 9.18 Å². The molecular weight excluding hydrogens is 335 g/mol. The highest BCUT2D eigenvalue weighted by molar-refractivity contribution is 5.95. The van der Waals surface area contributed by atoms with Gasteiger partial charge in [-0.3, -0.25) is 4.79 Å². The van der Waals surface area contributed by atoms with Crippen LogP contribution in [0.1, 0.15) is 15.9 Å². The van der Waals surface area contributed by atoms with Crippen molar-refractivity contribution in [2.45, 2.75) is 13.0 Å². The van der Waals surface area contributed by atoms with E-state index in [-0.39, 0.29) is 23.7 Å². The van der Waals surface area contributed by atoms with E-state index >= 15 is 0 Å². The molecule has 2 aliphatic rings. The van der Waals surface area contributed by atoms with E-state index in [4.69, 9.17) is 4.74 Å². The van der Waals surface area contributed by atoms with Crippen molar-refractivity contribution < 1.29 is 13.9 Å². The number of nitrogens with one attached hydrogen (secondary N) is 1. The Hall–Kier alpha value is -2.54. The highest BCUT2D eigenvalue weighted by Gasteiger charge is 2.45. The smallest absolute Gasteiger partial charge is 0.254 e. The van der Waals surface area contributed by atoms with Crippen molar-refractivity contribution in [2.75, 3.05) is 31.6 Å². The molecule has 0 aliphatic carbocycles. The van der Waals surface area contributed by atoms with Gasteiger partial charge >= 0.3 is 0 Å². The molecule has 6 nitrogen and oxygen atoms in total. The summed E-state index contributed by atoms with van der Waals surface area (Å²) in [6.45, 7) is 4.38. The monoisotopic (exact) mass is 356 g/mol. The Morgan fingerprint density at radius 2 is 2.15 bits per heavy atom. The summed E-state index contributed by atoms with van der Waals surface area (Å²) >= 11 is 0. The van der Waals surface area contributed by atoms with Crippen LogP contribution >= 0.6 is 0 Å². The number of halogens is 1. The second-order valence-corrected chi connectivity index (χ2v) is 6.92. The quantitative estimate of drug-likeness (QED) is 0.909. The van der Waals surface area contributed by atoms with Crippen LogP contribution < -0.4 is 5.32 Å². The second-order valence-electron chi connectivity index (χ2n) is 6.92. The Morgan fingerprint density at radius 1 is 1.35 bits per heavy atom. The molecule has 1 aromatic carbocycles. The zero-order valence-electron chi connectivity index (χ0n) is 14.6. The summed E-state index contributed by atoms with van der Waals surface area (Å²) in [4.78, 5) is 23.0. The van der Waals surface area contributed by atoms with Crippen molar-refractivity contribution in [1.29, 1.82) is 0 Å². The Balaban J connectivity index is 1.40. The molecule has 2 aromatic rings. The Bertz CT molecular complexity index is 801. The topological polar surface area (TPSA) is 67.4 Å². The molecular formula is C19H21FN4O2. The Kier molecular flexibility index (Phi) is 4.55. The van der Waals surface area contributed by atoms with Gasteiger partial charge in [-0.25, -0.2) is 14.4 Å². The van der Waals surface area contributed by atoms with Crippen LogP contribution in [0.25, 0.3) is 0 Å². The van der Waals surface area contributed by atoms with Crippen LogP contribution in [0.3, 0.4) is 0 Å². The van der Waals surface area contributed by atoms with Crippen LogP contribution in [0.5, 0.6) is 0 Å². The maximum absolute atomic E-state index is 13.3. The summed E-state index contributed by atoms with van der Waals surface area (Å²) in [7, 11) is 0. The largest absolute Gasteiger partial charge is 0.376 e. The van der Waals surface area contributed by atoms with Crippen LogP contribution in [0.2, 0.25) is 0 Å². The Morgan fingerprint density at radius 3 is 2.92 bits per heavy atom. The third kappa shape index (κ3) is 3.26. The van der Waals surface area contributed by atoms with Crippen LogP contribution in [0.15, 0.2) is 36.7 Å². The Labute approximate surface area is 151 Å². The van der Waals surface area contributed by atoms with E-state index in [1.165, 1.54) is 12.1 Å². The van der Waals surface area contributed by atoms with Crippen molar-refractivity contribution in [3.63, 3.8) is 0 Å². The summed E-state index contributed by atoms with van der Waals surface area (Å²) in [6.07, 6.45) is 3.46. The summed E-state index contributed by atoms with van der Waals surface area (Å²) in [5.41, 5.74) is 1.21. The predicted octanol–water partition coefficient (Wildman–Crippen LogP) is 2.12. The molecule has 4 rings (SSSR count). The van der Waals surface area contributed by atoms with E-state index in [1.807, 2.05) is 4.90 Å². The molecule has 3 atom stereocenters. The zero-order chi connectivity index (χ0) is 18.1. The molecule has 1 aromatic heterocycles. The fourth-order valence-electron chi connectivity index (χ4n) is 3.83. The number of amides is 1. The molecule has 1 N–H and O–H groups in total. The summed E-state index contributed by atoms with van der Waals surface area (Å²) in [6, 6.07) is 6.07. The normalized spacial score (nSPS) is 24.5. The molecule has 0 spiro atoms. The second kappa shape index (κ2) is 6.99. The summed E-state index contributed by atoms with van der Waals surface area (Å²) < 4.78 is 19.2. The number of likely N-dealkylation sites (tertiary alicyclic amines) is 1. The number of anilines is 1. The number of aromatic nitrogens is 2. The molecule has 2 saturated heterocycles. The minimum Gasteiger partial charge on any atom is -0.376 e. The van der Waals surface area contributed by atoms with Gasteiger partial charge in [0, 0.05) is 49.4 Å². The molecule has 0 unspecified atom stereocenters. The van der Waals surface area contributed by atoms with E-state index in [0.29, 0.717) is 49.2 Å². The first kappa shape index (κ1) is 16.9. The lowest BCUT2D eigenvalue weighted by atomic mass is 9.93. The van der Waals surface area contributed by atoms with Crippen molar-refractivity contribution in [3.05, 3.63) is 53.6 Å². The highest BCUT2D eigenvalue weighted by atomic mass is 19.1. The third-order valence-electron chi connectivity index (χ3n) is 5.23. The number of carbonyl (C=O) groups excluding carboxylic acids is 1. The molecule has 1 amide bonds. The number of hydrogen-bond donors (Lipinski definition) is 1. The predicted molar refractivity (Wildman–Crippen MR) is 94.3 cm³/mol. The van der Waals surface area contributed by atoms with Gasteiger partial charge in [-0.15, -0.1) is 0 Å². The van der Waals surface area contributed by atoms with Gasteiger partial charge in [-0.1, -0.05) is 0 Å². The summed E-state index contributed by atoms with van der Waals surface area (Å²) in [5.74, 6) is 0.809. The first-order chi connectivity index (χ1) is 12.6. The van der Waals surface area contributed by atoms with Gasteiger partial charge in [-0.05, 0) is 36.8 Å². The fraction of sp³-hybridized carbons (Fsp3) is 0.421. The van der Waals surface area contributed by atoms with E-state index < -0.39 is 0 Å². The standard InChI is InChI=1S/C19H21FN4O2/c1-12-7-14(20)3-4-15(12)18(25)24-9-16-13(11-26-17(16)10-24)8-23-19-21-5-2-6-22-19/h2-7,13,16-17H,8-11H2,1H3,(H,21,22,23)/t13-,16+,17+/m1/s1. The lowest BCUT2D eigenvalue weighted by Crippen LogP contribution is -2.32. The number of nitrogens with zero attached hydrogens (tertiary/aromatic N) is 3. The van der Waals surface area contributed by atoms with E-state index in [0.717, 1.165) is 0 Å². The highest BCUT2D eigenvalue weighted by Crippen LogP contribution is 2.34. The molecule has 7 heteroatoms. The minimum absolute atomic E-state index is 0.0569. The zero-order valence-corrected chi connectivity index (χ0v) is 14.6. The van der Waals surface area contributed by atoms with Crippen molar-refractivity contribution in [3.8, 4) is 0 Å². The number of carbonyl (C=O) groups is 1. The molecule has 2 fully saturated rings. The van der Waals surface area contributed by atoms with Crippen LogP contribution in [0, 0.1) is 24.6 Å². The van der Waals surface area contributed by atoms with Gasteiger partial charge < -0.3 is 15.0 Å². The number of hydrogen-bond acceptors (Lipinski definition) is 5. The van der Waals surface area contributed by atoms with Crippen molar-refractivity contribution in [2.24, 2.45) is 11.8 Å². The number of ether oxygens (including phenoxy) is 1. The van der Waals surface area contributed by atoms with Crippen LogP contribution in [-0.4, -0.2) is 53.1 Å². The lowest BCUT2D eigenvalue weighted by molar-refractivity contribution is 0.0679. The molecule has 3 heterocycles. The minimum atomic E-state index is -0.324. The van der Waals surface area contributed by atoms with E-state index in [1.54, 1.807) is 31.5 Å². The SMILES string of the molecule is Cc1cc(F)ccc1C(=O)N1C[C@H]2[C@H](CNc3ncccn3)CO[C@H]2C1. The first-order valence-corrected chi connectivity index (χ1v) is 8.80. The van der Waals surface area contributed by atoms with Gasteiger partial charge in [0.1, 0.15) is 5.82 Å². The van der Waals surface area contributed by atoms with Gasteiger partial charge in [0.15, 0.2) is 0 Å². The molecule has 2 aliphatic heterocycles. The van der Waals surface area contributed by atoms with Crippen LogP contribution in [0.4, 0.5) is 10.3 Å². The molecule has 26 heavy (non-hydrogen) atoms. The van der Waals surface area contributed by atoms with Gasteiger partial charge in [0.2, 0.25) is 5.95 Å².